The highest BCUT2D eigenvalue weighted by atomic mass is 16.5. The van der Waals surface area contributed by atoms with Gasteiger partial charge in [0.2, 0.25) is 11.9 Å². The van der Waals surface area contributed by atoms with Crippen molar-refractivity contribution in [1.29, 1.82) is 0 Å². The third-order valence-corrected chi connectivity index (χ3v) is 5.87. The van der Waals surface area contributed by atoms with Gasteiger partial charge in [-0.25, -0.2) is 19.9 Å². The van der Waals surface area contributed by atoms with Crippen molar-refractivity contribution in [3.8, 4) is 11.3 Å². The predicted octanol–water partition coefficient (Wildman–Crippen LogP) is -0.144. The van der Waals surface area contributed by atoms with Crippen molar-refractivity contribution >= 4 is 29.0 Å². The molecule has 0 spiro atoms. The number of aliphatic hydroxyl groups is 1. The number of aliphatic hydroxyl groups excluding tert-OH is 1. The van der Waals surface area contributed by atoms with E-state index in [1.807, 2.05) is 4.57 Å². The van der Waals surface area contributed by atoms with Crippen LogP contribution in [0.2, 0.25) is 0 Å². The van der Waals surface area contributed by atoms with Crippen LogP contribution in [0.3, 0.4) is 0 Å². The molecule has 2 aliphatic heterocycles. The fraction of sp³-hybridized carbons (Fsp3) is 0.500. The van der Waals surface area contributed by atoms with Crippen molar-refractivity contribution in [2.24, 2.45) is 0 Å². The number of carbonyl (C=O) groups excluding carboxylic acids is 1. The lowest BCUT2D eigenvalue weighted by Gasteiger charge is -2.27. The third-order valence-electron chi connectivity index (χ3n) is 5.87. The lowest BCUT2D eigenvalue weighted by Crippen LogP contribution is -2.37. The van der Waals surface area contributed by atoms with Gasteiger partial charge in [-0.1, -0.05) is 0 Å². The Morgan fingerprint density at radius 3 is 2.66 bits per heavy atom. The summed E-state index contributed by atoms with van der Waals surface area (Å²) in [4.78, 5) is 38.5. The number of aromatic nitrogens is 6. The molecule has 1 unspecified atom stereocenters. The molecular formula is C20H25N9O3. The number of amides is 1. The van der Waals surface area contributed by atoms with Crippen LogP contribution in [0.1, 0.15) is 19.4 Å². The minimum atomic E-state index is -1.01. The molecule has 0 radical (unpaired) electrons. The fourth-order valence-electron chi connectivity index (χ4n) is 4.17. The molecule has 2 fully saturated rings. The molecule has 32 heavy (non-hydrogen) atoms. The Kier molecular flexibility index (Phi) is 5.31. The number of likely N-dealkylation sites (tertiary alicyclic amines) is 1. The first-order valence-corrected chi connectivity index (χ1v) is 10.6. The summed E-state index contributed by atoms with van der Waals surface area (Å²) in [5, 5.41) is 9.67. The standard InChI is InChI=1S/C20H25N9O3/c1-12(30)18(31)28-3-2-14(10-28)29-11-24-16-15(13-8-22-19(21)23-9-13)25-20(26-17(16)29)27-4-6-32-7-5-27/h8-9,11-12,14,30H,2-7,10H2,1H3,(H2,21,22,23)/t12-,14?/m1/s1. The number of anilines is 2. The average molecular weight is 439 g/mol. The minimum absolute atomic E-state index is 0.00524. The molecule has 3 aromatic rings. The van der Waals surface area contributed by atoms with Gasteiger partial charge in [0.25, 0.3) is 5.91 Å². The Hall–Kier alpha value is -3.38. The summed E-state index contributed by atoms with van der Waals surface area (Å²) in [7, 11) is 0. The summed E-state index contributed by atoms with van der Waals surface area (Å²) in [5.41, 5.74) is 8.31. The van der Waals surface area contributed by atoms with Gasteiger partial charge in [-0.3, -0.25) is 4.79 Å². The number of nitrogens with zero attached hydrogens (tertiary/aromatic N) is 8. The Labute approximate surface area is 184 Å². The molecule has 0 saturated carbocycles. The van der Waals surface area contributed by atoms with Crippen LogP contribution in [-0.2, 0) is 9.53 Å². The molecule has 2 atom stereocenters. The van der Waals surface area contributed by atoms with E-state index in [0.717, 1.165) is 6.42 Å². The third kappa shape index (κ3) is 3.71. The highest BCUT2D eigenvalue weighted by Crippen LogP contribution is 2.31. The summed E-state index contributed by atoms with van der Waals surface area (Å²) < 4.78 is 7.47. The van der Waals surface area contributed by atoms with Crippen molar-refractivity contribution in [3.63, 3.8) is 0 Å². The Morgan fingerprint density at radius 2 is 1.94 bits per heavy atom. The van der Waals surface area contributed by atoms with Gasteiger partial charge in [0.15, 0.2) is 5.65 Å². The summed E-state index contributed by atoms with van der Waals surface area (Å²) in [5.74, 6) is 0.511. The van der Waals surface area contributed by atoms with Crippen molar-refractivity contribution < 1.29 is 14.6 Å². The van der Waals surface area contributed by atoms with Crippen LogP contribution in [0, 0.1) is 0 Å². The number of nitrogen functional groups attached to an aromatic ring is 1. The minimum Gasteiger partial charge on any atom is -0.384 e. The SMILES string of the molecule is C[C@@H](O)C(=O)N1CCC(n2cnc3c(-c4cnc(N)nc4)nc(N4CCOCC4)nc32)C1. The number of fused-ring (bicyclic) bond motifs is 1. The maximum atomic E-state index is 12.2. The molecule has 3 aromatic heterocycles. The summed E-state index contributed by atoms with van der Waals surface area (Å²) in [6, 6.07) is 0.00524. The van der Waals surface area contributed by atoms with Crippen LogP contribution < -0.4 is 10.6 Å². The van der Waals surface area contributed by atoms with E-state index < -0.39 is 6.10 Å². The first-order chi connectivity index (χ1) is 15.5. The lowest BCUT2D eigenvalue weighted by molar-refractivity contribution is -0.138. The predicted molar refractivity (Wildman–Crippen MR) is 116 cm³/mol. The maximum Gasteiger partial charge on any atom is 0.251 e. The Bertz CT molecular complexity index is 1130. The zero-order valence-corrected chi connectivity index (χ0v) is 17.8. The molecule has 2 saturated heterocycles. The van der Waals surface area contributed by atoms with E-state index >= 15 is 0 Å². The van der Waals surface area contributed by atoms with Crippen LogP contribution in [0.4, 0.5) is 11.9 Å². The van der Waals surface area contributed by atoms with Crippen LogP contribution in [-0.4, -0.2) is 90.9 Å². The van der Waals surface area contributed by atoms with E-state index in [-0.39, 0.29) is 17.9 Å². The first-order valence-electron chi connectivity index (χ1n) is 10.6. The molecule has 12 nitrogen and oxygen atoms in total. The second kappa shape index (κ2) is 8.28. The average Bonchev–Trinajstić information content (AvgIpc) is 3.46. The largest absolute Gasteiger partial charge is 0.384 e. The molecular weight excluding hydrogens is 414 g/mol. The quantitative estimate of drug-likeness (QED) is 0.562. The molecule has 0 bridgehead atoms. The number of imidazole rings is 1. The summed E-state index contributed by atoms with van der Waals surface area (Å²) in [6.45, 7) is 5.17. The Morgan fingerprint density at radius 1 is 1.19 bits per heavy atom. The number of ether oxygens (including phenoxy) is 1. The van der Waals surface area contributed by atoms with E-state index in [0.29, 0.717) is 67.8 Å². The maximum absolute atomic E-state index is 12.2. The topological polar surface area (TPSA) is 148 Å². The van der Waals surface area contributed by atoms with Crippen LogP contribution in [0.5, 0.6) is 0 Å². The number of morpholine rings is 1. The fourth-order valence-corrected chi connectivity index (χ4v) is 4.17. The smallest absolute Gasteiger partial charge is 0.251 e. The van der Waals surface area contributed by atoms with Gasteiger partial charge in [-0.15, -0.1) is 0 Å². The Balaban J connectivity index is 1.57. The van der Waals surface area contributed by atoms with E-state index in [1.54, 1.807) is 23.6 Å². The van der Waals surface area contributed by atoms with Gasteiger partial charge < -0.3 is 29.9 Å². The molecule has 2 aliphatic rings. The summed E-state index contributed by atoms with van der Waals surface area (Å²) >= 11 is 0. The number of rotatable bonds is 4. The molecule has 5 heterocycles. The first kappa shape index (κ1) is 20.5. The lowest BCUT2D eigenvalue weighted by atomic mass is 10.2. The zero-order valence-electron chi connectivity index (χ0n) is 17.8. The second-order valence-corrected chi connectivity index (χ2v) is 8.03. The zero-order chi connectivity index (χ0) is 22.2. The van der Waals surface area contributed by atoms with Gasteiger partial charge in [-0.05, 0) is 13.3 Å². The van der Waals surface area contributed by atoms with Crippen molar-refractivity contribution in [1.82, 2.24) is 34.4 Å². The second-order valence-electron chi connectivity index (χ2n) is 8.03. The molecule has 0 aliphatic carbocycles. The van der Waals surface area contributed by atoms with Crippen LogP contribution in [0.25, 0.3) is 22.4 Å². The molecule has 12 heteroatoms. The highest BCUT2D eigenvalue weighted by molar-refractivity contribution is 5.88. The number of hydrogen-bond donors (Lipinski definition) is 2. The highest BCUT2D eigenvalue weighted by Gasteiger charge is 2.31. The number of carbonyl (C=O) groups is 1. The van der Waals surface area contributed by atoms with Gasteiger partial charge in [0, 0.05) is 44.1 Å². The van der Waals surface area contributed by atoms with E-state index in [4.69, 9.17) is 20.4 Å². The molecule has 1 amide bonds. The van der Waals surface area contributed by atoms with Gasteiger partial charge in [0.1, 0.15) is 17.3 Å². The van der Waals surface area contributed by atoms with Gasteiger partial charge in [-0.2, -0.15) is 4.98 Å². The molecule has 168 valence electrons. The van der Waals surface area contributed by atoms with Crippen molar-refractivity contribution in [2.45, 2.75) is 25.5 Å². The normalized spacial score (nSPS) is 20.1. The molecule has 5 rings (SSSR count). The molecule has 0 aromatic carbocycles. The van der Waals surface area contributed by atoms with Crippen molar-refractivity contribution in [2.75, 3.05) is 50.0 Å². The number of hydrogen-bond acceptors (Lipinski definition) is 10. The summed E-state index contributed by atoms with van der Waals surface area (Å²) in [6.07, 6.45) is 4.74. The molecule has 3 N–H and O–H groups in total. The van der Waals surface area contributed by atoms with Gasteiger partial charge >= 0.3 is 0 Å². The monoisotopic (exact) mass is 439 g/mol. The number of nitrogens with two attached hydrogens (primary N) is 1. The van der Waals surface area contributed by atoms with Crippen LogP contribution >= 0.6 is 0 Å². The van der Waals surface area contributed by atoms with E-state index in [1.165, 1.54) is 6.92 Å². The van der Waals surface area contributed by atoms with E-state index in [2.05, 4.69) is 19.9 Å². The van der Waals surface area contributed by atoms with Crippen LogP contribution in [0.15, 0.2) is 18.7 Å². The van der Waals surface area contributed by atoms with Gasteiger partial charge in [0.05, 0.1) is 25.6 Å². The van der Waals surface area contributed by atoms with E-state index in [9.17, 15) is 9.90 Å². The van der Waals surface area contributed by atoms with Crippen molar-refractivity contribution in [3.05, 3.63) is 18.7 Å².